The van der Waals surface area contributed by atoms with Gasteiger partial charge in [-0.05, 0) is 35.1 Å². The van der Waals surface area contributed by atoms with Crippen molar-refractivity contribution in [1.82, 2.24) is 0 Å². The molecule has 9 heteroatoms. The summed E-state index contributed by atoms with van der Waals surface area (Å²) in [4.78, 5) is 0. The second-order valence-electron chi connectivity index (χ2n) is 7.56. The average Bonchev–Trinajstić information content (AvgIpc) is 2.65. The Morgan fingerprint density at radius 1 is 0.871 bits per heavy atom. The number of benzene rings is 2. The summed E-state index contributed by atoms with van der Waals surface area (Å²) >= 11 is 5.46. The molecular formula is C22H24ClF7O. The van der Waals surface area contributed by atoms with Crippen LogP contribution in [-0.2, 0) is 18.0 Å². The summed E-state index contributed by atoms with van der Waals surface area (Å²) in [5.41, 5.74) is -6.58. The Balaban J connectivity index is 0.00000233. The first-order valence-electron chi connectivity index (χ1n) is 9.47. The summed E-state index contributed by atoms with van der Waals surface area (Å²) in [7, 11) is 0. The first-order valence-corrected chi connectivity index (χ1v) is 9.84. The van der Waals surface area contributed by atoms with Gasteiger partial charge in [-0.25, -0.2) is 4.39 Å². The van der Waals surface area contributed by atoms with Crippen molar-refractivity contribution in [3.63, 3.8) is 0 Å². The van der Waals surface area contributed by atoms with Crippen LogP contribution in [0, 0.1) is 5.82 Å². The van der Waals surface area contributed by atoms with Gasteiger partial charge in [0.2, 0.25) is 0 Å². The molecule has 0 aliphatic heterocycles. The average molecular weight is 473 g/mol. The van der Waals surface area contributed by atoms with E-state index in [9.17, 15) is 35.8 Å². The van der Waals surface area contributed by atoms with Gasteiger partial charge < -0.3 is 5.11 Å². The molecule has 1 N–H and O–H groups in total. The Kier molecular flexibility index (Phi) is 8.59. The fraction of sp³-hybridized carbons (Fsp3) is 0.455. The van der Waals surface area contributed by atoms with E-state index in [1.807, 2.05) is 13.8 Å². The van der Waals surface area contributed by atoms with E-state index in [4.69, 9.17) is 11.6 Å². The highest BCUT2D eigenvalue weighted by Gasteiger charge is 2.56. The number of hydrogen-bond acceptors (Lipinski definition) is 1. The summed E-state index contributed by atoms with van der Waals surface area (Å²) in [6.07, 6.45) is -12.5. The second-order valence-corrected chi connectivity index (χ2v) is 7.97. The molecule has 174 valence electrons. The smallest absolute Gasteiger partial charge is 0.380 e. The maximum Gasteiger partial charge on any atom is 0.417 e. The Morgan fingerprint density at radius 2 is 1.39 bits per heavy atom. The van der Waals surface area contributed by atoms with E-state index in [-0.39, 0.29) is 6.07 Å². The third kappa shape index (κ3) is 6.59. The minimum Gasteiger partial charge on any atom is -0.380 e. The Morgan fingerprint density at radius 3 is 1.84 bits per heavy atom. The van der Waals surface area contributed by atoms with Gasteiger partial charge >= 0.3 is 12.4 Å². The van der Waals surface area contributed by atoms with Crippen LogP contribution in [0.25, 0.3) is 0 Å². The van der Waals surface area contributed by atoms with E-state index in [0.29, 0.717) is 11.6 Å². The molecule has 1 atom stereocenters. The highest BCUT2D eigenvalue weighted by Crippen LogP contribution is 2.44. The Hall–Kier alpha value is -1.80. The fourth-order valence-corrected chi connectivity index (χ4v) is 3.48. The van der Waals surface area contributed by atoms with Crippen molar-refractivity contribution in [2.75, 3.05) is 0 Å². The van der Waals surface area contributed by atoms with Crippen molar-refractivity contribution in [2.45, 2.75) is 63.9 Å². The summed E-state index contributed by atoms with van der Waals surface area (Å²) < 4.78 is 94.5. The van der Waals surface area contributed by atoms with E-state index in [0.717, 1.165) is 0 Å². The van der Waals surface area contributed by atoms with Crippen LogP contribution >= 0.6 is 11.6 Å². The minimum absolute atomic E-state index is 0.243. The molecule has 0 aliphatic rings. The molecule has 0 aromatic heterocycles. The van der Waals surface area contributed by atoms with Crippen molar-refractivity contribution >= 4 is 11.6 Å². The van der Waals surface area contributed by atoms with Crippen molar-refractivity contribution in [2.24, 2.45) is 0 Å². The third-order valence-electron chi connectivity index (χ3n) is 4.73. The van der Waals surface area contributed by atoms with Gasteiger partial charge in [0.25, 0.3) is 0 Å². The lowest BCUT2D eigenvalue weighted by Crippen LogP contribution is -2.51. The molecule has 0 amide bonds. The molecule has 0 aliphatic carbocycles. The summed E-state index contributed by atoms with van der Waals surface area (Å²) in [5.74, 6) is -1.43. The zero-order valence-corrected chi connectivity index (χ0v) is 18.2. The molecular weight excluding hydrogens is 449 g/mol. The van der Waals surface area contributed by atoms with Gasteiger partial charge in [-0.2, -0.15) is 26.3 Å². The van der Waals surface area contributed by atoms with Gasteiger partial charge in [0.1, 0.15) is 5.82 Å². The summed E-state index contributed by atoms with van der Waals surface area (Å²) in [6, 6.07) is 8.55. The molecule has 0 spiro atoms. The highest BCUT2D eigenvalue weighted by atomic mass is 35.5. The second kappa shape index (κ2) is 9.77. The maximum atomic E-state index is 14.3. The number of rotatable bonds is 5. The molecule has 0 bridgehead atoms. The van der Waals surface area contributed by atoms with Crippen LogP contribution in [0.3, 0.4) is 0 Å². The van der Waals surface area contributed by atoms with Crippen LogP contribution < -0.4 is 0 Å². The predicted octanol–water partition coefficient (Wildman–Crippen LogP) is 7.73. The first-order chi connectivity index (χ1) is 14.1. The molecule has 1 unspecified atom stereocenters. The number of alkyl halides is 6. The zero-order chi connectivity index (χ0) is 24.3. The van der Waals surface area contributed by atoms with Crippen molar-refractivity contribution in [3.05, 3.63) is 70.0 Å². The number of hydrogen-bond donors (Lipinski definition) is 1. The Bertz CT molecular complexity index is 861. The standard InChI is InChI=1S/C20H18ClF7O.C2H6/c1-17(2,13-6-4-3-5-7-13)11-18(29,20(26,27)28)10-12-8-14(19(23,24)25)9-15(21)16(12)22;1-2/h3-9,29H,10-11H2,1-2H3;1-2H3. The van der Waals surface area contributed by atoms with Crippen LogP contribution in [0.5, 0.6) is 0 Å². The van der Waals surface area contributed by atoms with Gasteiger partial charge in [-0.3, -0.25) is 0 Å². The minimum atomic E-state index is -5.23. The highest BCUT2D eigenvalue weighted by molar-refractivity contribution is 6.30. The van der Waals surface area contributed by atoms with Gasteiger partial charge in [-0.1, -0.05) is 69.6 Å². The SMILES string of the molecule is CC.CC(C)(CC(O)(Cc1cc(C(F)(F)F)cc(Cl)c1F)C(F)(F)F)c1ccccc1. The predicted molar refractivity (Wildman–Crippen MR) is 107 cm³/mol. The van der Waals surface area contributed by atoms with Gasteiger partial charge in [-0.15, -0.1) is 0 Å². The number of aliphatic hydroxyl groups is 1. The van der Waals surface area contributed by atoms with Gasteiger partial charge in [0.15, 0.2) is 5.60 Å². The molecule has 2 aromatic carbocycles. The van der Waals surface area contributed by atoms with Gasteiger partial charge in [0, 0.05) is 6.42 Å². The largest absolute Gasteiger partial charge is 0.417 e. The molecule has 2 rings (SSSR count). The third-order valence-corrected chi connectivity index (χ3v) is 5.01. The van der Waals surface area contributed by atoms with Gasteiger partial charge in [0.05, 0.1) is 10.6 Å². The van der Waals surface area contributed by atoms with E-state index in [2.05, 4.69) is 0 Å². The summed E-state index contributed by atoms with van der Waals surface area (Å²) in [5, 5.41) is 9.52. The van der Waals surface area contributed by atoms with E-state index >= 15 is 0 Å². The molecule has 31 heavy (non-hydrogen) atoms. The fourth-order valence-electron chi connectivity index (χ4n) is 3.24. The normalized spacial score (nSPS) is 14.5. The Labute approximate surface area is 181 Å². The van der Waals surface area contributed by atoms with Crippen LogP contribution in [0.15, 0.2) is 42.5 Å². The quantitative estimate of drug-likeness (QED) is 0.441. The molecule has 0 radical (unpaired) electrons. The van der Waals surface area contributed by atoms with Crippen molar-refractivity contribution < 1.29 is 35.8 Å². The van der Waals surface area contributed by atoms with Crippen molar-refractivity contribution in [3.8, 4) is 0 Å². The molecule has 0 saturated heterocycles. The van der Waals surface area contributed by atoms with Crippen LogP contribution in [0.4, 0.5) is 30.7 Å². The topological polar surface area (TPSA) is 20.2 Å². The number of halogens is 8. The van der Waals surface area contributed by atoms with Crippen molar-refractivity contribution in [1.29, 1.82) is 0 Å². The molecule has 0 fully saturated rings. The van der Waals surface area contributed by atoms with Crippen LogP contribution in [0.1, 0.15) is 50.8 Å². The lowest BCUT2D eigenvalue weighted by atomic mass is 9.73. The lowest BCUT2D eigenvalue weighted by molar-refractivity contribution is -0.266. The maximum absolute atomic E-state index is 14.3. The van der Waals surface area contributed by atoms with E-state index in [1.54, 1.807) is 30.3 Å². The van der Waals surface area contributed by atoms with Crippen LogP contribution in [0.2, 0.25) is 5.02 Å². The van der Waals surface area contributed by atoms with E-state index in [1.165, 1.54) is 13.8 Å². The monoisotopic (exact) mass is 472 g/mol. The van der Waals surface area contributed by atoms with Crippen LogP contribution in [-0.4, -0.2) is 16.9 Å². The lowest BCUT2D eigenvalue weighted by Gasteiger charge is -2.38. The summed E-state index contributed by atoms with van der Waals surface area (Å²) in [6.45, 7) is 6.91. The molecule has 1 nitrogen and oxygen atoms in total. The first kappa shape index (κ1) is 27.2. The molecule has 0 heterocycles. The zero-order valence-electron chi connectivity index (χ0n) is 17.4. The van der Waals surface area contributed by atoms with E-state index < -0.39 is 58.2 Å². The molecule has 0 saturated carbocycles. The molecule has 2 aromatic rings.